The van der Waals surface area contributed by atoms with Crippen LogP contribution in [0.15, 0.2) is 18.2 Å². The number of rotatable bonds is 2. The summed E-state index contributed by atoms with van der Waals surface area (Å²) in [5.74, 6) is -5.52. The maximum absolute atomic E-state index is 13.1. The Hall–Kier alpha value is -0.870. The smallest absolute Gasteiger partial charge is 0.350 e. The van der Waals surface area contributed by atoms with Gasteiger partial charge in [0.15, 0.2) is 0 Å². The third-order valence-corrected chi connectivity index (χ3v) is 2.13. The van der Waals surface area contributed by atoms with Crippen LogP contribution in [0.2, 0.25) is 10.0 Å². The molecule has 76 valence electrons. The zero-order valence-electron chi connectivity index (χ0n) is 6.73. The quantitative estimate of drug-likeness (QED) is 0.848. The topological polar surface area (TPSA) is 43.1 Å². The van der Waals surface area contributed by atoms with Gasteiger partial charge in [0.1, 0.15) is 0 Å². The fourth-order valence-corrected chi connectivity index (χ4v) is 1.40. The van der Waals surface area contributed by atoms with E-state index in [2.05, 4.69) is 5.73 Å². The lowest BCUT2D eigenvalue weighted by molar-refractivity contribution is -0.143. The summed E-state index contributed by atoms with van der Waals surface area (Å²) in [6.45, 7) is 0. The van der Waals surface area contributed by atoms with E-state index in [0.29, 0.717) is 0 Å². The second kappa shape index (κ2) is 3.71. The Balaban J connectivity index is 3.26. The molecule has 0 atom stereocenters. The van der Waals surface area contributed by atoms with Gasteiger partial charge in [0, 0.05) is 10.6 Å². The largest absolute Gasteiger partial charge is 0.364 e. The van der Waals surface area contributed by atoms with Gasteiger partial charge in [0.25, 0.3) is 5.91 Å². The SMILES string of the molecule is NC(=O)C(F)(F)c1ccc(Cl)cc1Cl. The number of halogens is 4. The van der Waals surface area contributed by atoms with E-state index in [4.69, 9.17) is 23.2 Å². The fraction of sp³-hybridized carbons (Fsp3) is 0.125. The second-order valence-electron chi connectivity index (χ2n) is 2.56. The minimum absolute atomic E-state index is 0.207. The maximum atomic E-state index is 13.1. The number of hydrogen-bond donors (Lipinski definition) is 1. The normalized spacial score (nSPS) is 11.4. The molecule has 0 unspecified atom stereocenters. The predicted octanol–water partition coefficient (Wildman–Crippen LogP) is 2.57. The first-order chi connectivity index (χ1) is 6.35. The maximum Gasteiger partial charge on any atom is 0.350 e. The molecule has 14 heavy (non-hydrogen) atoms. The minimum Gasteiger partial charge on any atom is -0.364 e. The van der Waals surface area contributed by atoms with Crippen molar-refractivity contribution in [1.82, 2.24) is 0 Å². The first-order valence-electron chi connectivity index (χ1n) is 3.49. The van der Waals surface area contributed by atoms with Crippen molar-refractivity contribution in [1.29, 1.82) is 0 Å². The van der Waals surface area contributed by atoms with Gasteiger partial charge in [-0.05, 0) is 18.2 Å². The highest BCUT2D eigenvalue weighted by atomic mass is 35.5. The molecule has 6 heteroatoms. The van der Waals surface area contributed by atoms with E-state index in [1.54, 1.807) is 0 Å². The van der Waals surface area contributed by atoms with Crippen LogP contribution in [-0.4, -0.2) is 5.91 Å². The Morgan fingerprint density at radius 2 is 1.93 bits per heavy atom. The number of primary amides is 1. The van der Waals surface area contributed by atoms with E-state index in [-0.39, 0.29) is 10.0 Å². The van der Waals surface area contributed by atoms with Crippen LogP contribution in [0.3, 0.4) is 0 Å². The molecule has 2 nitrogen and oxygen atoms in total. The highest BCUT2D eigenvalue weighted by Crippen LogP contribution is 2.34. The molecular weight excluding hydrogens is 235 g/mol. The van der Waals surface area contributed by atoms with Crippen LogP contribution in [0.4, 0.5) is 8.78 Å². The number of hydrogen-bond acceptors (Lipinski definition) is 1. The average molecular weight is 240 g/mol. The van der Waals surface area contributed by atoms with E-state index in [0.717, 1.165) is 12.1 Å². The summed E-state index contributed by atoms with van der Waals surface area (Å²) < 4.78 is 26.1. The molecule has 0 aliphatic heterocycles. The highest BCUT2D eigenvalue weighted by Gasteiger charge is 2.40. The molecule has 0 aromatic heterocycles. The van der Waals surface area contributed by atoms with E-state index >= 15 is 0 Å². The summed E-state index contributed by atoms with van der Waals surface area (Å²) in [6.07, 6.45) is 0. The van der Waals surface area contributed by atoms with Crippen molar-refractivity contribution in [2.45, 2.75) is 5.92 Å². The van der Waals surface area contributed by atoms with Crippen LogP contribution in [0.5, 0.6) is 0 Å². The molecule has 1 aromatic carbocycles. The predicted molar refractivity (Wildman–Crippen MR) is 49.6 cm³/mol. The number of carbonyl (C=O) groups excluding carboxylic acids is 1. The molecular formula is C8H5Cl2F2NO. The molecule has 0 bridgehead atoms. The Labute approximate surface area is 88.6 Å². The molecule has 0 radical (unpaired) electrons. The summed E-state index contributed by atoms with van der Waals surface area (Å²) in [4.78, 5) is 10.4. The second-order valence-corrected chi connectivity index (χ2v) is 3.41. The van der Waals surface area contributed by atoms with Crippen LogP contribution in [0.25, 0.3) is 0 Å². The van der Waals surface area contributed by atoms with Crippen LogP contribution in [0.1, 0.15) is 5.56 Å². The molecule has 0 saturated carbocycles. The minimum atomic E-state index is -3.78. The molecule has 0 aliphatic carbocycles. The summed E-state index contributed by atoms with van der Waals surface area (Å²) >= 11 is 11.0. The highest BCUT2D eigenvalue weighted by molar-refractivity contribution is 6.35. The Morgan fingerprint density at radius 3 is 2.36 bits per heavy atom. The van der Waals surface area contributed by atoms with Crippen molar-refractivity contribution in [3.63, 3.8) is 0 Å². The molecule has 0 heterocycles. The summed E-state index contributed by atoms with van der Waals surface area (Å²) in [5.41, 5.74) is 3.89. The van der Waals surface area contributed by atoms with Gasteiger partial charge in [-0.1, -0.05) is 23.2 Å². The zero-order chi connectivity index (χ0) is 10.9. The fourth-order valence-electron chi connectivity index (χ4n) is 0.877. The number of nitrogens with two attached hydrogens (primary N) is 1. The van der Waals surface area contributed by atoms with Crippen LogP contribution in [0, 0.1) is 0 Å². The monoisotopic (exact) mass is 239 g/mol. The van der Waals surface area contributed by atoms with E-state index in [9.17, 15) is 13.6 Å². The lowest BCUT2D eigenvalue weighted by atomic mass is 10.1. The molecule has 2 N–H and O–H groups in total. The van der Waals surface area contributed by atoms with Gasteiger partial charge in [-0.15, -0.1) is 0 Å². The van der Waals surface area contributed by atoms with E-state index in [1.165, 1.54) is 6.07 Å². The number of carbonyl (C=O) groups is 1. The first kappa shape index (κ1) is 11.2. The molecule has 0 spiro atoms. The Morgan fingerprint density at radius 1 is 1.36 bits per heavy atom. The van der Waals surface area contributed by atoms with Gasteiger partial charge in [-0.3, -0.25) is 4.79 Å². The van der Waals surface area contributed by atoms with E-state index in [1.807, 2.05) is 0 Å². The standard InChI is InChI=1S/C8H5Cl2F2NO/c9-4-1-2-5(6(10)3-4)8(11,12)7(13)14/h1-3H,(H2,13,14). The summed E-state index contributed by atoms with van der Waals surface area (Å²) in [5, 5.41) is -0.0830. The van der Waals surface area contributed by atoms with Crippen LogP contribution >= 0.6 is 23.2 Å². The van der Waals surface area contributed by atoms with Gasteiger partial charge >= 0.3 is 5.92 Å². The number of benzene rings is 1. The van der Waals surface area contributed by atoms with Crippen molar-refractivity contribution < 1.29 is 13.6 Å². The van der Waals surface area contributed by atoms with Crippen LogP contribution < -0.4 is 5.73 Å². The van der Waals surface area contributed by atoms with Gasteiger partial charge in [-0.2, -0.15) is 8.78 Å². The molecule has 0 aliphatic rings. The first-order valence-corrected chi connectivity index (χ1v) is 4.24. The molecule has 0 saturated heterocycles. The third-order valence-electron chi connectivity index (χ3n) is 1.58. The summed E-state index contributed by atoms with van der Waals surface area (Å²) in [7, 11) is 0. The van der Waals surface area contributed by atoms with Gasteiger partial charge < -0.3 is 5.73 Å². The molecule has 0 fully saturated rings. The van der Waals surface area contributed by atoms with Gasteiger partial charge in [0.05, 0.1) is 5.02 Å². The van der Waals surface area contributed by atoms with Gasteiger partial charge in [-0.25, -0.2) is 0 Å². The van der Waals surface area contributed by atoms with Crippen molar-refractivity contribution in [2.75, 3.05) is 0 Å². The van der Waals surface area contributed by atoms with Crippen molar-refractivity contribution in [3.8, 4) is 0 Å². The molecule has 1 amide bonds. The molecule has 1 aromatic rings. The van der Waals surface area contributed by atoms with Crippen molar-refractivity contribution in [3.05, 3.63) is 33.8 Å². The lowest BCUT2D eigenvalue weighted by Crippen LogP contribution is -2.33. The number of amides is 1. The van der Waals surface area contributed by atoms with Crippen molar-refractivity contribution in [2.24, 2.45) is 5.73 Å². The lowest BCUT2D eigenvalue weighted by Gasteiger charge is -2.13. The molecule has 1 rings (SSSR count). The van der Waals surface area contributed by atoms with E-state index < -0.39 is 17.4 Å². The summed E-state index contributed by atoms with van der Waals surface area (Å²) in [6, 6.07) is 3.30. The Kier molecular flexibility index (Phi) is 2.97. The average Bonchev–Trinajstić information content (AvgIpc) is 2.02. The van der Waals surface area contributed by atoms with Crippen LogP contribution in [-0.2, 0) is 10.7 Å². The Bertz CT molecular complexity index is 382. The van der Waals surface area contributed by atoms with Crippen molar-refractivity contribution >= 4 is 29.1 Å². The zero-order valence-corrected chi connectivity index (χ0v) is 8.24. The van der Waals surface area contributed by atoms with Gasteiger partial charge in [0.2, 0.25) is 0 Å². The number of alkyl halides is 2. The third kappa shape index (κ3) is 1.96.